The molecular weight excluding hydrogens is 406 g/mol. The summed E-state index contributed by atoms with van der Waals surface area (Å²) in [6.07, 6.45) is 2.03. The number of amides is 1. The summed E-state index contributed by atoms with van der Waals surface area (Å²) in [5, 5.41) is 19.9. The number of anilines is 1. The minimum Gasteiger partial charge on any atom is -0.480 e. The van der Waals surface area contributed by atoms with Crippen LogP contribution in [-0.4, -0.2) is 59.0 Å². The average molecular weight is 434 g/mol. The number of carboxylic acid groups (broad SMARTS) is 1. The van der Waals surface area contributed by atoms with Gasteiger partial charge in [-0.25, -0.2) is 5.01 Å². The number of nitrogens with zero attached hydrogens (tertiary/aromatic N) is 3. The van der Waals surface area contributed by atoms with Gasteiger partial charge in [0.15, 0.2) is 0 Å². The molecule has 2 aromatic carbocycles. The van der Waals surface area contributed by atoms with Crippen LogP contribution in [0.5, 0.6) is 0 Å². The highest BCUT2D eigenvalue weighted by molar-refractivity contribution is 6.03. The molecule has 0 fully saturated rings. The first-order valence-electron chi connectivity index (χ1n) is 10.5. The molecule has 1 aromatic heterocycles. The largest absolute Gasteiger partial charge is 0.480 e. The molecule has 0 bridgehead atoms. The third kappa shape index (κ3) is 4.36. The Morgan fingerprint density at radius 1 is 1.22 bits per heavy atom. The predicted octanol–water partition coefficient (Wildman–Crippen LogP) is 2.80. The SMILES string of the molecule is CC(=O)N1N=C(c2ccc(N(C)C)cc2)C[C@@H]1N[C@H](Cc1c[nH]c2ccccc12)C(=O)O. The van der Waals surface area contributed by atoms with E-state index in [2.05, 4.69) is 15.4 Å². The lowest BCUT2D eigenvalue weighted by Gasteiger charge is -2.25. The Kier molecular flexibility index (Phi) is 5.96. The van der Waals surface area contributed by atoms with Crippen molar-refractivity contribution in [2.24, 2.45) is 5.10 Å². The van der Waals surface area contributed by atoms with E-state index in [4.69, 9.17) is 0 Å². The molecule has 1 aliphatic heterocycles. The van der Waals surface area contributed by atoms with Gasteiger partial charge in [-0.15, -0.1) is 0 Å². The number of aromatic nitrogens is 1. The molecule has 8 nitrogen and oxygen atoms in total. The molecule has 1 amide bonds. The minimum absolute atomic E-state index is 0.237. The summed E-state index contributed by atoms with van der Waals surface area (Å²) in [5.41, 5.74) is 4.60. The third-order valence-electron chi connectivity index (χ3n) is 5.74. The summed E-state index contributed by atoms with van der Waals surface area (Å²) in [4.78, 5) is 29.5. The third-order valence-corrected chi connectivity index (χ3v) is 5.74. The quantitative estimate of drug-likeness (QED) is 0.532. The van der Waals surface area contributed by atoms with Gasteiger partial charge in [0.2, 0.25) is 5.91 Å². The van der Waals surface area contributed by atoms with Gasteiger partial charge in [-0.2, -0.15) is 5.10 Å². The first-order chi connectivity index (χ1) is 15.3. The Morgan fingerprint density at radius 3 is 2.59 bits per heavy atom. The van der Waals surface area contributed by atoms with Gasteiger partial charge >= 0.3 is 5.97 Å². The van der Waals surface area contributed by atoms with Gasteiger partial charge in [0, 0.05) is 56.6 Å². The zero-order valence-electron chi connectivity index (χ0n) is 18.4. The molecule has 0 saturated heterocycles. The molecule has 4 rings (SSSR count). The molecule has 3 N–H and O–H groups in total. The van der Waals surface area contributed by atoms with Crippen LogP contribution in [0.25, 0.3) is 10.9 Å². The summed E-state index contributed by atoms with van der Waals surface area (Å²) in [5.74, 6) is -1.21. The van der Waals surface area contributed by atoms with E-state index in [0.717, 1.165) is 33.4 Å². The van der Waals surface area contributed by atoms with Crippen LogP contribution in [0, 0.1) is 0 Å². The number of hydrazone groups is 1. The summed E-state index contributed by atoms with van der Waals surface area (Å²) < 4.78 is 0. The van der Waals surface area contributed by atoms with Crippen molar-refractivity contribution < 1.29 is 14.7 Å². The monoisotopic (exact) mass is 433 g/mol. The standard InChI is InChI=1S/C24H27N5O3/c1-15(30)29-23(13-21(27-29)16-8-10-18(11-9-16)28(2)3)26-22(24(31)32)12-17-14-25-20-7-5-4-6-19(17)20/h4-11,14,22-23,25-26H,12-13H2,1-3H3,(H,31,32)/t22-,23-/m1/s1. The first kappa shape index (κ1) is 21.6. The van der Waals surface area contributed by atoms with Crippen molar-refractivity contribution in [1.82, 2.24) is 15.3 Å². The lowest BCUT2D eigenvalue weighted by atomic mass is 10.0. The molecular formula is C24H27N5O3. The molecule has 2 atom stereocenters. The molecule has 0 aliphatic carbocycles. The second kappa shape index (κ2) is 8.84. The number of aliphatic carboxylic acids is 1. The fourth-order valence-corrected chi connectivity index (χ4v) is 4.03. The van der Waals surface area contributed by atoms with E-state index in [1.807, 2.05) is 73.7 Å². The Morgan fingerprint density at radius 2 is 1.94 bits per heavy atom. The number of hydrogen-bond donors (Lipinski definition) is 3. The van der Waals surface area contributed by atoms with Crippen molar-refractivity contribution in [3.05, 3.63) is 65.9 Å². The summed E-state index contributed by atoms with van der Waals surface area (Å²) in [6.45, 7) is 1.44. The number of hydrogen-bond acceptors (Lipinski definition) is 5. The van der Waals surface area contributed by atoms with Crippen molar-refractivity contribution >= 4 is 34.2 Å². The van der Waals surface area contributed by atoms with Crippen LogP contribution in [0.3, 0.4) is 0 Å². The minimum atomic E-state index is -0.970. The Labute approximate surface area is 186 Å². The molecule has 32 heavy (non-hydrogen) atoms. The number of rotatable bonds is 7. The van der Waals surface area contributed by atoms with Crippen LogP contribution in [-0.2, 0) is 16.0 Å². The molecule has 0 saturated carbocycles. The van der Waals surface area contributed by atoms with E-state index in [1.165, 1.54) is 11.9 Å². The van der Waals surface area contributed by atoms with E-state index < -0.39 is 18.2 Å². The van der Waals surface area contributed by atoms with E-state index in [9.17, 15) is 14.7 Å². The van der Waals surface area contributed by atoms with Gasteiger partial charge in [0.1, 0.15) is 12.2 Å². The Hall–Kier alpha value is -3.65. The molecule has 166 valence electrons. The van der Waals surface area contributed by atoms with Crippen LogP contribution in [0.1, 0.15) is 24.5 Å². The van der Waals surface area contributed by atoms with E-state index in [1.54, 1.807) is 0 Å². The van der Waals surface area contributed by atoms with Gasteiger partial charge in [0.05, 0.1) is 5.71 Å². The summed E-state index contributed by atoms with van der Waals surface area (Å²) >= 11 is 0. The number of carbonyl (C=O) groups is 2. The van der Waals surface area contributed by atoms with Gasteiger partial charge in [-0.1, -0.05) is 30.3 Å². The molecule has 1 aliphatic rings. The topological polar surface area (TPSA) is 101 Å². The van der Waals surface area contributed by atoms with Gasteiger partial charge in [0.25, 0.3) is 0 Å². The maximum atomic E-state index is 12.2. The van der Waals surface area contributed by atoms with Crippen molar-refractivity contribution in [2.45, 2.75) is 32.0 Å². The number of H-pyrrole nitrogens is 1. The van der Waals surface area contributed by atoms with Gasteiger partial charge < -0.3 is 15.0 Å². The molecule has 0 spiro atoms. The molecule has 0 unspecified atom stereocenters. The number of aromatic amines is 1. The van der Waals surface area contributed by atoms with Gasteiger partial charge in [-0.05, 0) is 29.3 Å². The second-order valence-electron chi connectivity index (χ2n) is 8.19. The van der Waals surface area contributed by atoms with Crippen LogP contribution in [0.2, 0.25) is 0 Å². The van der Waals surface area contributed by atoms with Gasteiger partial charge in [-0.3, -0.25) is 14.9 Å². The van der Waals surface area contributed by atoms with E-state index in [-0.39, 0.29) is 12.3 Å². The maximum absolute atomic E-state index is 12.2. The fraction of sp³-hybridized carbons (Fsp3) is 0.292. The highest BCUT2D eigenvalue weighted by atomic mass is 16.4. The summed E-state index contributed by atoms with van der Waals surface area (Å²) in [7, 11) is 3.94. The van der Waals surface area contributed by atoms with Crippen molar-refractivity contribution in [3.63, 3.8) is 0 Å². The van der Waals surface area contributed by atoms with Crippen molar-refractivity contribution in [3.8, 4) is 0 Å². The first-order valence-corrected chi connectivity index (χ1v) is 10.5. The molecule has 2 heterocycles. The smallest absolute Gasteiger partial charge is 0.321 e. The molecule has 3 aromatic rings. The van der Waals surface area contributed by atoms with Crippen LogP contribution >= 0.6 is 0 Å². The zero-order chi connectivity index (χ0) is 22.8. The van der Waals surface area contributed by atoms with Crippen molar-refractivity contribution in [2.75, 3.05) is 19.0 Å². The lowest BCUT2D eigenvalue weighted by molar-refractivity contribution is -0.141. The second-order valence-corrected chi connectivity index (χ2v) is 8.19. The number of para-hydroxylation sites is 1. The Balaban J connectivity index is 1.53. The van der Waals surface area contributed by atoms with Crippen molar-refractivity contribution in [1.29, 1.82) is 0 Å². The van der Waals surface area contributed by atoms with E-state index in [0.29, 0.717) is 6.42 Å². The number of carbonyl (C=O) groups excluding carboxylic acids is 1. The molecule has 8 heteroatoms. The maximum Gasteiger partial charge on any atom is 0.321 e. The molecule has 0 radical (unpaired) electrons. The average Bonchev–Trinajstić information content (AvgIpc) is 3.38. The number of fused-ring (bicyclic) bond motifs is 1. The van der Waals surface area contributed by atoms with Crippen LogP contribution < -0.4 is 10.2 Å². The normalized spacial score (nSPS) is 16.8. The Bertz CT molecular complexity index is 1170. The number of carboxylic acids is 1. The highest BCUT2D eigenvalue weighted by Gasteiger charge is 2.33. The number of benzene rings is 2. The number of nitrogens with one attached hydrogen (secondary N) is 2. The predicted molar refractivity (Wildman–Crippen MR) is 125 cm³/mol. The highest BCUT2D eigenvalue weighted by Crippen LogP contribution is 2.23. The van der Waals surface area contributed by atoms with E-state index >= 15 is 0 Å². The van der Waals surface area contributed by atoms with Crippen LogP contribution in [0.15, 0.2) is 59.8 Å². The summed E-state index contributed by atoms with van der Waals surface area (Å²) in [6, 6.07) is 14.8. The zero-order valence-corrected chi connectivity index (χ0v) is 18.4. The lowest BCUT2D eigenvalue weighted by Crippen LogP contribution is -2.51. The fourth-order valence-electron chi connectivity index (χ4n) is 4.03. The van der Waals surface area contributed by atoms with Crippen LogP contribution in [0.4, 0.5) is 5.69 Å².